The van der Waals surface area contributed by atoms with Gasteiger partial charge in [-0.05, 0) is 55.8 Å². The molecule has 0 saturated carbocycles. The Morgan fingerprint density at radius 1 is 1.16 bits per heavy atom. The van der Waals surface area contributed by atoms with Crippen LogP contribution in [0.5, 0.6) is 5.75 Å². The summed E-state index contributed by atoms with van der Waals surface area (Å²) in [5, 5.41) is 32.1. The van der Waals surface area contributed by atoms with Gasteiger partial charge in [-0.25, -0.2) is 8.78 Å². The lowest BCUT2D eigenvalue weighted by Gasteiger charge is -2.19. The predicted molar refractivity (Wildman–Crippen MR) is 122 cm³/mol. The van der Waals surface area contributed by atoms with Crippen LogP contribution in [-0.4, -0.2) is 47.5 Å². The molecule has 1 aromatic carbocycles. The third-order valence-corrected chi connectivity index (χ3v) is 5.65. The van der Waals surface area contributed by atoms with Crippen molar-refractivity contribution >= 4 is 0 Å². The molecule has 1 aromatic rings. The Hall–Kier alpha value is -1.80. The zero-order chi connectivity index (χ0) is 23.2. The zero-order valence-corrected chi connectivity index (χ0v) is 18.7. The van der Waals surface area contributed by atoms with E-state index in [0.717, 1.165) is 38.6 Å². The van der Waals surface area contributed by atoms with Gasteiger partial charge in [-0.3, -0.25) is 0 Å². The molecule has 7 heteroatoms. The molecule has 180 valence electrons. The van der Waals surface area contributed by atoms with Gasteiger partial charge in [0.05, 0.1) is 12.7 Å². The monoisotopic (exact) mass is 453 g/mol. The fourth-order valence-electron chi connectivity index (χ4n) is 3.64. The van der Waals surface area contributed by atoms with Crippen LogP contribution in [0.25, 0.3) is 0 Å². The molecule has 0 radical (unpaired) electrons. The van der Waals surface area contributed by atoms with Crippen LogP contribution in [0.4, 0.5) is 8.78 Å². The Bertz CT molecular complexity index is 724. The van der Waals surface area contributed by atoms with Gasteiger partial charge in [0, 0.05) is 25.1 Å². The molecular formula is C25H37F2NO4. The highest BCUT2D eigenvalue weighted by molar-refractivity contribution is 5.36. The summed E-state index contributed by atoms with van der Waals surface area (Å²) in [6.45, 7) is 0.680. The highest BCUT2D eigenvalue weighted by atomic mass is 19.3. The van der Waals surface area contributed by atoms with Gasteiger partial charge in [-0.1, -0.05) is 43.2 Å². The van der Waals surface area contributed by atoms with E-state index in [-0.39, 0.29) is 24.7 Å². The van der Waals surface area contributed by atoms with Crippen molar-refractivity contribution in [1.82, 2.24) is 5.32 Å². The van der Waals surface area contributed by atoms with E-state index in [0.29, 0.717) is 30.7 Å². The summed E-state index contributed by atoms with van der Waals surface area (Å²) < 4.78 is 33.1. The Balaban J connectivity index is 1.45. The number of hydrogen-bond acceptors (Lipinski definition) is 5. The second-order valence-electron chi connectivity index (χ2n) is 8.44. The number of alkyl halides is 2. The van der Waals surface area contributed by atoms with E-state index in [9.17, 15) is 24.1 Å². The minimum absolute atomic E-state index is 0.0126. The Morgan fingerprint density at radius 2 is 1.97 bits per heavy atom. The number of aliphatic hydroxyl groups excluding tert-OH is 2. The van der Waals surface area contributed by atoms with Crippen LogP contribution in [0, 0.1) is 5.92 Å². The quantitative estimate of drug-likeness (QED) is 0.274. The molecule has 0 amide bonds. The van der Waals surface area contributed by atoms with Crippen molar-refractivity contribution in [1.29, 1.82) is 0 Å². The number of halogens is 2. The summed E-state index contributed by atoms with van der Waals surface area (Å²) in [6.07, 6.45) is 11.9. The molecule has 0 aromatic heterocycles. The molecule has 1 aliphatic rings. The largest absolute Gasteiger partial charge is 0.508 e. The zero-order valence-electron chi connectivity index (χ0n) is 18.7. The summed E-state index contributed by atoms with van der Waals surface area (Å²) in [4.78, 5) is 0. The van der Waals surface area contributed by atoms with Crippen molar-refractivity contribution in [2.24, 2.45) is 5.92 Å². The van der Waals surface area contributed by atoms with Crippen molar-refractivity contribution in [3.8, 4) is 5.75 Å². The fourth-order valence-corrected chi connectivity index (χ4v) is 3.64. The topological polar surface area (TPSA) is 82.0 Å². The van der Waals surface area contributed by atoms with Crippen LogP contribution < -0.4 is 5.32 Å². The normalized spacial score (nSPS) is 17.1. The molecule has 2 rings (SSSR count). The van der Waals surface area contributed by atoms with Gasteiger partial charge in [0.1, 0.15) is 12.4 Å². The maximum atomic E-state index is 13.9. The summed E-state index contributed by atoms with van der Waals surface area (Å²) in [5.41, 5.74) is 1.03. The highest BCUT2D eigenvalue weighted by Gasteiger charge is 2.29. The average molecular weight is 454 g/mol. The van der Waals surface area contributed by atoms with Crippen LogP contribution >= 0.6 is 0 Å². The van der Waals surface area contributed by atoms with Gasteiger partial charge in [-0.15, -0.1) is 0 Å². The summed E-state index contributed by atoms with van der Waals surface area (Å²) in [6, 6.07) is 4.69. The second kappa shape index (κ2) is 14.4. The number of rotatable bonds is 16. The Labute approximate surface area is 189 Å². The van der Waals surface area contributed by atoms with Crippen molar-refractivity contribution < 1.29 is 28.8 Å². The first-order valence-corrected chi connectivity index (χ1v) is 11.5. The molecule has 0 saturated heterocycles. The average Bonchev–Trinajstić information content (AvgIpc) is 2.80. The summed E-state index contributed by atoms with van der Waals surface area (Å²) >= 11 is 0. The van der Waals surface area contributed by atoms with E-state index in [1.165, 1.54) is 6.07 Å². The SMILES string of the molecule is OCc1cc(C(O)CNCCCCCCOCC(F)(F)CCC2C=CC=CC2)ccc1O. The lowest BCUT2D eigenvalue weighted by atomic mass is 9.94. The minimum Gasteiger partial charge on any atom is -0.508 e. The standard InChI is InChI=1S/C25H37F2NO4/c26-25(27,13-12-20-8-4-3-5-9-20)19-32-15-7-2-1-6-14-28-17-24(31)21-10-11-23(30)22(16-21)18-29/h3-5,8,10-11,16,20,24,28-31H,1-2,6-7,9,12-15,17-19H2. The van der Waals surface area contributed by atoms with Crippen molar-refractivity contribution in [3.63, 3.8) is 0 Å². The smallest absolute Gasteiger partial charge is 0.271 e. The number of ether oxygens (including phenoxy) is 1. The molecule has 2 unspecified atom stereocenters. The molecule has 0 spiro atoms. The number of phenols is 1. The number of nitrogens with one attached hydrogen (secondary N) is 1. The highest BCUT2D eigenvalue weighted by Crippen LogP contribution is 2.27. The van der Waals surface area contributed by atoms with E-state index in [4.69, 9.17) is 4.74 Å². The number of aliphatic hydroxyl groups is 2. The van der Waals surface area contributed by atoms with Crippen LogP contribution in [0.15, 0.2) is 42.5 Å². The predicted octanol–water partition coefficient (Wildman–Crippen LogP) is 4.63. The van der Waals surface area contributed by atoms with E-state index in [1.54, 1.807) is 12.1 Å². The number of aromatic hydroxyl groups is 1. The third kappa shape index (κ3) is 10.2. The minimum atomic E-state index is -2.77. The van der Waals surface area contributed by atoms with E-state index in [1.807, 2.05) is 24.3 Å². The fraction of sp³-hybridized carbons (Fsp3) is 0.600. The van der Waals surface area contributed by atoms with Crippen LogP contribution in [0.2, 0.25) is 0 Å². The first-order valence-electron chi connectivity index (χ1n) is 11.5. The molecule has 0 aliphatic heterocycles. The molecular weight excluding hydrogens is 416 g/mol. The number of allylic oxidation sites excluding steroid dienone is 4. The number of unbranched alkanes of at least 4 members (excludes halogenated alkanes) is 3. The third-order valence-electron chi connectivity index (χ3n) is 5.65. The van der Waals surface area contributed by atoms with Crippen LogP contribution in [0.1, 0.15) is 62.2 Å². The van der Waals surface area contributed by atoms with Gasteiger partial charge in [-0.2, -0.15) is 0 Å². The molecule has 1 aliphatic carbocycles. The summed E-state index contributed by atoms with van der Waals surface area (Å²) in [5.74, 6) is -2.55. The lowest BCUT2D eigenvalue weighted by molar-refractivity contribution is -0.0849. The van der Waals surface area contributed by atoms with Gasteiger partial charge in [0.2, 0.25) is 0 Å². The molecule has 4 N–H and O–H groups in total. The first-order chi connectivity index (χ1) is 15.4. The van der Waals surface area contributed by atoms with Crippen molar-refractivity contribution in [3.05, 3.63) is 53.6 Å². The Kier molecular flexibility index (Phi) is 11.9. The van der Waals surface area contributed by atoms with Gasteiger partial charge in [0.15, 0.2) is 0 Å². The molecule has 5 nitrogen and oxygen atoms in total. The van der Waals surface area contributed by atoms with E-state index >= 15 is 0 Å². The van der Waals surface area contributed by atoms with E-state index in [2.05, 4.69) is 5.32 Å². The van der Waals surface area contributed by atoms with Gasteiger partial charge < -0.3 is 25.4 Å². The maximum Gasteiger partial charge on any atom is 0.271 e. The van der Waals surface area contributed by atoms with Crippen LogP contribution in [-0.2, 0) is 11.3 Å². The second-order valence-corrected chi connectivity index (χ2v) is 8.44. The van der Waals surface area contributed by atoms with E-state index < -0.39 is 18.6 Å². The van der Waals surface area contributed by atoms with Crippen molar-refractivity contribution in [2.45, 2.75) is 63.6 Å². The molecule has 32 heavy (non-hydrogen) atoms. The molecule has 2 atom stereocenters. The molecule has 0 bridgehead atoms. The molecule has 0 fully saturated rings. The maximum absolute atomic E-state index is 13.9. The first kappa shape index (κ1) is 26.5. The molecule has 0 heterocycles. The van der Waals surface area contributed by atoms with Crippen molar-refractivity contribution in [2.75, 3.05) is 26.3 Å². The van der Waals surface area contributed by atoms with Crippen LogP contribution in [0.3, 0.4) is 0 Å². The van der Waals surface area contributed by atoms with Gasteiger partial charge >= 0.3 is 0 Å². The lowest BCUT2D eigenvalue weighted by Crippen LogP contribution is -2.25. The number of benzene rings is 1. The summed E-state index contributed by atoms with van der Waals surface area (Å²) in [7, 11) is 0. The Morgan fingerprint density at radius 3 is 2.72 bits per heavy atom. The van der Waals surface area contributed by atoms with Gasteiger partial charge in [0.25, 0.3) is 5.92 Å². The number of hydrogen-bond donors (Lipinski definition) is 4.